The van der Waals surface area contributed by atoms with E-state index in [9.17, 15) is 19.5 Å². The molecule has 1 saturated heterocycles. The van der Waals surface area contributed by atoms with Gasteiger partial charge in [0.1, 0.15) is 11.7 Å². The lowest BCUT2D eigenvalue weighted by atomic mass is 9.93. The van der Waals surface area contributed by atoms with Crippen molar-refractivity contribution in [2.45, 2.75) is 39.2 Å². The molecule has 2 unspecified atom stereocenters. The van der Waals surface area contributed by atoms with Gasteiger partial charge in [0.25, 0.3) is 5.91 Å². The van der Waals surface area contributed by atoms with Crippen LogP contribution < -0.4 is 5.32 Å². The molecule has 2 heterocycles. The summed E-state index contributed by atoms with van der Waals surface area (Å²) in [6.45, 7) is 4.71. The number of fused-ring (bicyclic) bond motifs is 1. The Hall–Kier alpha value is -2.54. The Balaban J connectivity index is 1.78. The number of carbonyl (C=O) groups is 3. The lowest BCUT2D eigenvalue weighted by Gasteiger charge is -2.34. The first-order valence-corrected chi connectivity index (χ1v) is 10.7. The van der Waals surface area contributed by atoms with Gasteiger partial charge in [0.05, 0.1) is 5.92 Å². The van der Waals surface area contributed by atoms with Crippen molar-refractivity contribution in [2.75, 3.05) is 13.1 Å². The Bertz CT molecular complexity index is 963. The molecule has 0 aliphatic carbocycles. The third-order valence-electron chi connectivity index (χ3n) is 6.16. The van der Waals surface area contributed by atoms with Crippen LogP contribution in [0.4, 0.5) is 0 Å². The molecule has 0 radical (unpaired) electrons. The largest absolute Gasteiger partial charge is 0.481 e. The predicted octanol–water partition coefficient (Wildman–Crippen LogP) is 3.30. The van der Waals surface area contributed by atoms with Crippen molar-refractivity contribution in [1.82, 2.24) is 14.8 Å². The van der Waals surface area contributed by atoms with E-state index >= 15 is 0 Å². The fraction of sp³-hybridized carbons (Fsp3) is 0.500. The molecule has 1 aliphatic heterocycles. The van der Waals surface area contributed by atoms with Crippen molar-refractivity contribution in [3.63, 3.8) is 0 Å². The smallest absolute Gasteiger partial charge is 0.306 e. The summed E-state index contributed by atoms with van der Waals surface area (Å²) < 4.78 is 1.79. The second-order valence-corrected chi connectivity index (χ2v) is 8.50. The number of halogens is 1. The van der Waals surface area contributed by atoms with E-state index in [4.69, 9.17) is 11.6 Å². The number of benzene rings is 1. The molecular weight excluding hydrogens is 406 g/mol. The van der Waals surface area contributed by atoms with Gasteiger partial charge in [0, 0.05) is 36.1 Å². The van der Waals surface area contributed by atoms with Crippen LogP contribution in [0.1, 0.15) is 43.6 Å². The van der Waals surface area contributed by atoms with Crippen LogP contribution in [-0.2, 0) is 16.6 Å². The zero-order valence-corrected chi connectivity index (χ0v) is 18.3. The van der Waals surface area contributed by atoms with Crippen LogP contribution in [0.2, 0.25) is 5.02 Å². The lowest BCUT2D eigenvalue weighted by Crippen LogP contribution is -2.53. The maximum absolute atomic E-state index is 13.2. The summed E-state index contributed by atoms with van der Waals surface area (Å²) in [5.41, 5.74) is 1.34. The van der Waals surface area contributed by atoms with E-state index in [1.165, 1.54) is 0 Å². The normalized spacial score (nSPS) is 17.0. The molecular formula is C22H28ClN3O4. The number of aryl methyl sites for hydroxylation is 1. The van der Waals surface area contributed by atoms with Gasteiger partial charge in [0.15, 0.2) is 0 Å². The maximum Gasteiger partial charge on any atom is 0.306 e. The van der Waals surface area contributed by atoms with Crippen molar-refractivity contribution in [2.24, 2.45) is 18.9 Å². The monoisotopic (exact) mass is 433 g/mol. The molecule has 1 aromatic heterocycles. The van der Waals surface area contributed by atoms with Crippen molar-refractivity contribution in [3.05, 3.63) is 35.0 Å². The molecule has 0 bridgehead atoms. The summed E-state index contributed by atoms with van der Waals surface area (Å²) in [7, 11) is 1.81. The standard InChI is InChI=1S/C22H28ClN3O4/c1-4-13(2)19(21(28)26-9-7-14(8-10-26)22(29)30)24-20(27)18-12-15-11-16(23)5-6-17(15)25(18)3/h5-6,11-14,19H,4,7-10H2,1-3H3,(H,24,27)(H,29,30). The van der Waals surface area contributed by atoms with Crippen molar-refractivity contribution in [1.29, 1.82) is 0 Å². The number of carboxylic acid groups (broad SMARTS) is 1. The van der Waals surface area contributed by atoms with Gasteiger partial charge in [-0.1, -0.05) is 31.9 Å². The van der Waals surface area contributed by atoms with E-state index in [1.807, 2.05) is 27.0 Å². The topological polar surface area (TPSA) is 91.6 Å². The highest BCUT2D eigenvalue weighted by Gasteiger charge is 2.34. The molecule has 7 nitrogen and oxygen atoms in total. The van der Waals surface area contributed by atoms with E-state index in [1.54, 1.807) is 27.7 Å². The SMILES string of the molecule is CCC(C)C(NC(=O)c1cc2cc(Cl)ccc2n1C)C(=O)N1CCC(C(=O)O)CC1. The van der Waals surface area contributed by atoms with Crippen molar-refractivity contribution >= 4 is 40.3 Å². The van der Waals surface area contributed by atoms with Gasteiger partial charge in [-0.15, -0.1) is 0 Å². The number of piperidine rings is 1. The van der Waals surface area contributed by atoms with E-state index < -0.39 is 17.9 Å². The number of nitrogens with zero attached hydrogens (tertiary/aromatic N) is 2. The van der Waals surface area contributed by atoms with Gasteiger partial charge >= 0.3 is 5.97 Å². The molecule has 30 heavy (non-hydrogen) atoms. The number of amides is 2. The van der Waals surface area contributed by atoms with E-state index in [0.29, 0.717) is 36.6 Å². The van der Waals surface area contributed by atoms with Gasteiger partial charge in [-0.2, -0.15) is 0 Å². The van der Waals surface area contributed by atoms with Crippen LogP contribution in [0.5, 0.6) is 0 Å². The minimum atomic E-state index is -0.815. The second kappa shape index (κ2) is 9.08. The van der Waals surface area contributed by atoms with E-state index in [0.717, 1.165) is 17.3 Å². The first-order valence-electron chi connectivity index (χ1n) is 10.3. The number of likely N-dealkylation sites (tertiary alicyclic amines) is 1. The minimum Gasteiger partial charge on any atom is -0.481 e. The maximum atomic E-state index is 13.2. The summed E-state index contributed by atoms with van der Waals surface area (Å²) in [5.74, 6) is -1.74. The number of aromatic nitrogens is 1. The third-order valence-corrected chi connectivity index (χ3v) is 6.39. The Morgan fingerprint density at radius 3 is 2.50 bits per heavy atom. The zero-order chi connectivity index (χ0) is 22.0. The van der Waals surface area contributed by atoms with Gasteiger partial charge in [-0.3, -0.25) is 14.4 Å². The summed E-state index contributed by atoms with van der Waals surface area (Å²) in [4.78, 5) is 39.1. The van der Waals surface area contributed by atoms with Crippen LogP contribution in [0, 0.1) is 11.8 Å². The zero-order valence-electron chi connectivity index (χ0n) is 17.5. The summed E-state index contributed by atoms with van der Waals surface area (Å²) in [6.07, 6.45) is 1.60. The Morgan fingerprint density at radius 2 is 1.90 bits per heavy atom. The first-order chi connectivity index (χ1) is 14.2. The van der Waals surface area contributed by atoms with Crippen LogP contribution in [0.3, 0.4) is 0 Å². The number of hydrogen-bond donors (Lipinski definition) is 2. The Kier molecular flexibility index (Phi) is 6.71. The van der Waals surface area contributed by atoms with Gasteiger partial charge < -0.3 is 19.9 Å². The minimum absolute atomic E-state index is 0.0530. The predicted molar refractivity (Wildman–Crippen MR) is 116 cm³/mol. The molecule has 3 rings (SSSR count). The van der Waals surface area contributed by atoms with Crippen LogP contribution in [-0.4, -0.2) is 51.5 Å². The molecule has 0 spiro atoms. The molecule has 1 aliphatic rings. The van der Waals surface area contributed by atoms with Gasteiger partial charge in [-0.05, 0) is 43.0 Å². The van der Waals surface area contributed by atoms with Gasteiger partial charge in [-0.25, -0.2) is 0 Å². The van der Waals surface area contributed by atoms with Crippen molar-refractivity contribution < 1.29 is 19.5 Å². The quantitative estimate of drug-likeness (QED) is 0.731. The van der Waals surface area contributed by atoms with Crippen LogP contribution >= 0.6 is 11.6 Å². The Labute approximate surface area is 181 Å². The molecule has 8 heteroatoms. The summed E-state index contributed by atoms with van der Waals surface area (Å²) >= 11 is 6.07. The van der Waals surface area contributed by atoms with E-state index in [-0.39, 0.29) is 17.7 Å². The molecule has 0 saturated carbocycles. The molecule has 2 aromatic rings. The highest BCUT2D eigenvalue weighted by atomic mass is 35.5. The average Bonchev–Trinajstić information content (AvgIpc) is 3.06. The molecule has 2 atom stereocenters. The molecule has 1 fully saturated rings. The van der Waals surface area contributed by atoms with Gasteiger partial charge in [0.2, 0.25) is 5.91 Å². The molecule has 2 N–H and O–H groups in total. The fourth-order valence-electron chi connectivity index (χ4n) is 3.98. The summed E-state index contributed by atoms with van der Waals surface area (Å²) in [6, 6.07) is 6.55. The first kappa shape index (κ1) is 22.2. The third kappa shape index (κ3) is 4.46. The average molecular weight is 434 g/mol. The lowest BCUT2D eigenvalue weighted by molar-refractivity contribution is -0.146. The van der Waals surface area contributed by atoms with Crippen LogP contribution in [0.25, 0.3) is 10.9 Å². The fourth-order valence-corrected chi connectivity index (χ4v) is 4.16. The summed E-state index contributed by atoms with van der Waals surface area (Å²) in [5, 5.41) is 13.6. The van der Waals surface area contributed by atoms with Crippen molar-refractivity contribution in [3.8, 4) is 0 Å². The highest BCUT2D eigenvalue weighted by Crippen LogP contribution is 2.24. The molecule has 2 amide bonds. The second-order valence-electron chi connectivity index (χ2n) is 8.07. The molecule has 1 aromatic carbocycles. The number of rotatable bonds is 6. The van der Waals surface area contributed by atoms with Crippen LogP contribution in [0.15, 0.2) is 24.3 Å². The highest BCUT2D eigenvalue weighted by molar-refractivity contribution is 6.31. The molecule has 162 valence electrons. The number of nitrogens with one attached hydrogen (secondary N) is 1. The number of carboxylic acids is 1. The Morgan fingerprint density at radius 1 is 1.23 bits per heavy atom. The number of carbonyl (C=O) groups excluding carboxylic acids is 2. The van der Waals surface area contributed by atoms with E-state index in [2.05, 4.69) is 5.32 Å². The number of hydrogen-bond acceptors (Lipinski definition) is 3. The number of aliphatic carboxylic acids is 1.